The summed E-state index contributed by atoms with van der Waals surface area (Å²) in [5, 5.41) is 7.80. The zero-order chi connectivity index (χ0) is 17.8. The lowest BCUT2D eigenvalue weighted by molar-refractivity contribution is -0.185. The molecule has 0 spiro atoms. The Morgan fingerprint density at radius 3 is 2.68 bits per heavy atom. The van der Waals surface area contributed by atoms with E-state index < -0.39 is 0 Å². The number of carbonyl (C=O) groups excluding carboxylic acids is 1. The SMILES string of the molecule is CC1C(OC(=O)Cc2n[nH]c(=O)c3ccccc23)CC2CC1C2(C)C. The predicted octanol–water partition coefficient (Wildman–Crippen LogP) is 3.08. The van der Waals surface area contributed by atoms with Gasteiger partial charge in [-0.3, -0.25) is 9.59 Å². The second-order valence-corrected chi connectivity index (χ2v) is 8.21. The Hall–Kier alpha value is -2.17. The van der Waals surface area contributed by atoms with Gasteiger partial charge in [-0.05, 0) is 42.1 Å². The number of hydrogen-bond acceptors (Lipinski definition) is 4. The Morgan fingerprint density at radius 1 is 1.28 bits per heavy atom. The lowest BCUT2D eigenvalue weighted by Crippen LogP contribution is -2.57. The quantitative estimate of drug-likeness (QED) is 0.872. The number of rotatable bonds is 3. The number of carbonyl (C=O) groups is 1. The van der Waals surface area contributed by atoms with E-state index in [9.17, 15) is 9.59 Å². The number of H-pyrrole nitrogens is 1. The molecule has 25 heavy (non-hydrogen) atoms. The van der Waals surface area contributed by atoms with Crippen LogP contribution in [0.5, 0.6) is 0 Å². The molecule has 4 atom stereocenters. The van der Waals surface area contributed by atoms with Crippen molar-refractivity contribution in [2.75, 3.05) is 0 Å². The molecule has 0 saturated heterocycles. The van der Waals surface area contributed by atoms with Gasteiger partial charge >= 0.3 is 5.97 Å². The van der Waals surface area contributed by atoms with Gasteiger partial charge in [-0.2, -0.15) is 5.10 Å². The highest BCUT2D eigenvalue weighted by molar-refractivity contribution is 5.86. The first-order chi connectivity index (χ1) is 11.9. The van der Waals surface area contributed by atoms with E-state index in [1.54, 1.807) is 12.1 Å². The van der Waals surface area contributed by atoms with Crippen molar-refractivity contribution in [2.45, 2.75) is 46.1 Å². The van der Waals surface area contributed by atoms with Crippen LogP contribution in [-0.4, -0.2) is 22.3 Å². The smallest absolute Gasteiger partial charge is 0.312 e. The number of fused-ring (bicyclic) bond motifs is 3. The Bertz CT molecular complexity index is 886. The maximum Gasteiger partial charge on any atom is 0.312 e. The van der Waals surface area contributed by atoms with Crippen LogP contribution in [0.25, 0.3) is 10.8 Å². The molecule has 0 amide bonds. The van der Waals surface area contributed by atoms with E-state index >= 15 is 0 Å². The summed E-state index contributed by atoms with van der Waals surface area (Å²) < 4.78 is 5.81. The summed E-state index contributed by atoms with van der Waals surface area (Å²) in [5.41, 5.74) is 0.698. The van der Waals surface area contributed by atoms with Gasteiger partial charge < -0.3 is 4.74 Å². The molecule has 5 heteroatoms. The number of aromatic nitrogens is 2. The molecule has 5 nitrogen and oxygen atoms in total. The molecule has 3 saturated carbocycles. The molecule has 1 heterocycles. The number of ether oxygens (including phenoxy) is 1. The van der Waals surface area contributed by atoms with E-state index in [1.807, 2.05) is 12.1 Å². The minimum absolute atomic E-state index is 0.00157. The minimum Gasteiger partial charge on any atom is -0.462 e. The summed E-state index contributed by atoms with van der Waals surface area (Å²) in [4.78, 5) is 24.3. The van der Waals surface area contributed by atoms with E-state index in [0.29, 0.717) is 39.6 Å². The standard InChI is InChI=1S/C20H24N2O3/c1-11-15-8-12(20(15,2)3)9-17(11)25-18(23)10-16-13-6-4-5-7-14(13)19(24)22-21-16/h4-7,11-12,15,17H,8-10H2,1-3H3,(H,22,24). The van der Waals surface area contributed by atoms with Crippen molar-refractivity contribution in [1.82, 2.24) is 10.2 Å². The van der Waals surface area contributed by atoms with Gasteiger partial charge in [0, 0.05) is 5.39 Å². The van der Waals surface area contributed by atoms with Gasteiger partial charge in [0.05, 0.1) is 17.5 Å². The highest BCUT2D eigenvalue weighted by Gasteiger charge is 2.57. The average Bonchev–Trinajstić information content (AvgIpc) is 2.59. The van der Waals surface area contributed by atoms with E-state index in [2.05, 4.69) is 31.0 Å². The summed E-state index contributed by atoms with van der Waals surface area (Å²) in [7, 11) is 0. The second kappa shape index (κ2) is 5.68. The zero-order valence-electron chi connectivity index (χ0n) is 14.9. The molecule has 1 aromatic heterocycles. The van der Waals surface area contributed by atoms with Gasteiger partial charge in [0.15, 0.2) is 0 Å². The van der Waals surface area contributed by atoms with Crippen LogP contribution in [0.2, 0.25) is 0 Å². The van der Waals surface area contributed by atoms with Crippen molar-refractivity contribution in [3.05, 3.63) is 40.3 Å². The van der Waals surface area contributed by atoms with Gasteiger partial charge in [-0.1, -0.05) is 39.0 Å². The fourth-order valence-electron chi connectivity index (χ4n) is 4.91. The van der Waals surface area contributed by atoms with E-state index in [0.717, 1.165) is 6.42 Å². The fourth-order valence-corrected chi connectivity index (χ4v) is 4.91. The molecule has 1 N–H and O–H groups in total. The highest BCUT2D eigenvalue weighted by atomic mass is 16.5. The number of aromatic amines is 1. The molecule has 0 aliphatic heterocycles. The van der Waals surface area contributed by atoms with E-state index in [1.165, 1.54) is 6.42 Å². The molecular formula is C20H24N2O3. The van der Waals surface area contributed by atoms with Crippen LogP contribution in [0.15, 0.2) is 29.1 Å². The lowest BCUT2D eigenvalue weighted by atomic mass is 9.45. The summed E-state index contributed by atoms with van der Waals surface area (Å²) in [6, 6.07) is 7.21. The number of benzene rings is 1. The molecular weight excluding hydrogens is 316 g/mol. The summed E-state index contributed by atoms with van der Waals surface area (Å²) in [6.07, 6.45) is 2.29. The predicted molar refractivity (Wildman–Crippen MR) is 95.1 cm³/mol. The number of nitrogens with zero attached hydrogens (tertiary/aromatic N) is 1. The third kappa shape index (κ3) is 2.57. The van der Waals surface area contributed by atoms with Crippen molar-refractivity contribution in [1.29, 1.82) is 0 Å². The highest BCUT2D eigenvalue weighted by Crippen LogP contribution is 2.61. The Labute approximate surface area is 146 Å². The number of esters is 1. The van der Waals surface area contributed by atoms with E-state index in [4.69, 9.17) is 4.74 Å². The summed E-state index contributed by atoms with van der Waals surface area (Å²) >= 11 is 0. The van der Waals surface area contributed by atoms with Crippen LogP contribution in [0, 0.1) is 23.2 Å². The molecule has 0 radical (unpaired) electrons. The molecule has 132 valence electrons. The normalized spacial score (nSPS) is 29.9. The fraction of sp³-hybridized carbons (Fsp3) is 0.550. The van der Waals surface area contributed by atoms with Crippen LogP contribution in [0.4, 0.5) is 0 Å². The molecule has 2 bridgehead atoms. The first kappa shape index (κ1) is 16.3. The third-order valence-corrected chi connectivity index (χ3v) is 6.65. The Kier molecular flexibility index (Phi) is 3.71. The molecule has 4 unspecified atom stereocenters. The number of hydrogen-bond donors (Lipinski definition) is 1. The maximum atomic E-state index is 12.5. The van der Waals surface area contributed by atoms with Crippen molar-refractivity contribution in [2.24, 2.45) is 23.2 Å². The van der Waals surface area contributed by atoms with Crippen LogP contribution in [-0.2, 0) is 16.0 Å². The lowest BCUT2D eigenvalue weighted by Gasteiger charge is -2.61. The average molecular weight is 340 g/mol. The molecule has 3 aliphatic carbocycles. The van der Waals surface area contributed by atoms with Gasteiger partial charge in [-0.15, -0.1) is 0 Å². The van der Waals surface area contributed by atoms with E-state index in [-0.39, 0.29) is 24.1 Å². The minimum atomic E-state index is -0.263. The maximum absolute atomic E-state index is 12.5. The van der Waals surface area contributed by atoms with Gasteiger partial charge in [0.2, 0.25) is 0 Å². The monoisotopic (exact) mass is 340 g/mol. The largest absolute Gasteiger partial charge is 0.462 e. The first-order valence-corrected chi connectivity index (χ1v) is 9.03. The van der Waals surface area contributed by atoms with Gasteiger partial charge in [0.1, 0.15) is 6.10 Å². The number of nitrogens with one attached hydrogen (secondary N) is 1. The molecule has 3 fully saturated rings. The van der Waals surface area contributed by atoms with Crippen molar-refractivity contribution < 1.29 is 9.53 Å². The molecule has 1 aromatic carbocycles. The Morgan fingerprint density at radius 2 is 2.00 bits per heavy atom. The van der Waals surface area contributed by atoms with Crippen LogP contribution < -0.4 is 5.56 Å². The molecule has 2 aromatic rings. The summed E-state index contributed by atoms with van der Waals surface area (Å²) in [5.74, 6) is 1.42. The van der Waals surface area contributed by atoms with Gasteiger partial charge in [0.25, 0.3) is 5.56 Å². The van der Waals surface area contributed by atoms with Crippen LogP contribution >= 0.6 is 0 Å². The van der Waals surface area contributed by atoms with Crippen LogP contribution in [0.3, 0.4) is 0 Å². The van der Waals surface area contributed by atoms with Crippen molar-refractivity contribution in [3.63, 3.8) is 0 Å². The first-order valence-electron chi connectivity index (χ1n) is 9.03. The Balaban J connectivity index is 1.49. The molecule has 3 aliphatic rings. The zero-order valence-corrected chi connectivity index (χ0v) is 14.9. The van der Waals surface area contributed by atoms with Gasteiger partial charge in [-0.25, -0.2) is 5.10 Å². The third-order valence-electron chi connectivity index (χ3n) is 6.65. The van der Waals surface area contributed by atoms with Crippen molar-refractivity contribution >= 4 is 16.7 Å². The van der Waals surface area contributed by atoms with Crippen LogP contribution in [0.1, 0.15) is 39.3 Å². The topological polar surface area (TPSA) is 72.0 Å². The second-order valence-electron chi connectivity index (χ2n) is 8.21. The molecule has 5 rings (SSSR count). The summed E-state index contributed by atoms with van der Waals surface area (Å²) in [6.45, 7) is 6.86. The van der Waals surface area contributed by atoms with Crippen molar-refractivity contribution in [3.8, 4) is 0 Å².